The highest BCUT2D eigenvalue weighted by Gasteiger charge is 2.34. The Morgan fingerprint density at radius 2 is 2.27 bits per heavy atom. The van der Waals surface area contributed by atoms with Crippen LogP contribution in [0.3, 0.4) is 0 Å². The topological polar surface area (TPSA) is 61.3 Å². The third-order valence-corrected chi connectivity index (χ3v) is 2.15. The van der Waals surface area contributed by atoms with Crippen molar-refractivity contribution in [2.24, 2.45) is 0 Å². The first-order chi connectivity index (χ1) is 7.11. The van der Waals surface area contributed by atoms with Gasteiger partial charge < -0.3 is 9.47 Å². The van der Waals surface area contributed by atoms with Crippen LogP contribution in [-0.2, 0) is 9.47 Å². The van der Waals surface area contributed by atoms with Gasteiger partial charge in [0.15, 0.2) is 12.1 Å². The molecule has 0 aliphatic carbocycles. The normalized spacial score (nSPS) is 24.0. The van der Waals surface area contributed by atoms with E-state index in [1.807, 2.05) is 13.8 Å². The van der Waals surface area contributed by atoms with Crippen molar-refractivity contribution in [1.29, 1.82) is 0 Å². The largest absolute Gasteiger partial charge is 0.347 e. The fraction of sp³-hybridized carbons (Fsp3) is 0.500. The van der Waals surface area contributed by atoms with Crippen molar-refractivity contribution in [3.8, 4) is 0 Å². The fourth-order valence-corrected chi connectivity index (χ4v) is 1.41. The summed E-state index contributed by atoms with van der Waals surface area (Å²) in [5, 5.41) is 0. The average Bonchev–Trinajstić information content (AvgIpc) is 2.59. The minimum absolute atomic E-state index is 0.201. The quantitative estimate of drug-likeness (QED) is 0.681. The highest BCUT2D eigenvalue weighted by atomic mass is 16.7. The molecule has 0 aromatic carbocycles. The number of carbonyl (C=O) groups excluding carboxylic acids is 1. The molecule has 1 unspecified atom stereocenters. The SMILES string of the molecule is CC1(C)OCC(c2cnc(C=O)cn2)O1. The maximum atomic E-state index is 10.4. The van der Waals surface area contributed by atoms with Crippen LogP contribution in [0.1, 0.15) is 36.1 Å². The van der Waals surface area contributed by atoms with Crippen molar-refractivity contribution in [3.05, 3.63) is 23.8 Å². The molecule has 0 saturated carbocycles. The van der Waals surface area contributed by atoms with Crippen LogP contribution in [0.15, 0.2) is 12.4 Å². The van der Waals surface area contributed by atoms with Gasteiger partial charge in [-0.3, -0.25) is 9.78 Å². The lowest BCUT2D eigenvalue weighted by atomic mass is 10.3. The number of carbonyl (C=O) groups is 1. The van der Waals surface area contributed by atoms with Gasteiger partial charge in [0, 0.05) is 0 Å². The molecular weight excluding hydrogens is 196 g/mol. The monoisotopic (exact) mass is 208 g/mol. The molecule has 80 valence electrons. The second-order valence-electron chi connectivity index (χ2n) is 3.80. The van der Waals surface area contributed by atoms with E-state index in [4.69, 9.17) is 9.47 Å². The number of hydrogen-bond acceptors (Lipinski definition) is 5. The van der Waals surface area contributed by atoms with E-state index in [1.165, 1.54) is 6.20 Å². The molecule has 1 aliphatic heterocycles. The molecule has 1 atom stereocenters. The van der Waals surface area contributed by atoms with Crippen LogP contribution in [0.5, 0.6) is 0 Å². The van der Waals surface area contributed by atoms with E-state index in [9.17, 15) is 4.79 Å². The molecule has 1 aliphatic rings. The zero-order chi connectivity index (χ0) is 10.9. The molecule has 1 aromatic rings. The van der Waals surface area contributed by atoms with Gasteiger partial charge in [-0.05, 0) is 13.8 Å². The van der Waals surface area contributed by atoms with Crippen molar-refractivity contribution in [1.82, 2.24) is 9.97 Å². The molecule has 0 bridgehead atoms. The van der Waals surface area contributed by atoms with Crippen molar-refractivity contribution < 1.29 is 14.3 Å². The van der Waals surface area contributed by atoms with E-state index in [1.54, 1.807) is 6.20 Å². The van der Waals surface area contributed by atoms with Crippen LogP contribution in [0, 0.1) is 0 Å². The highest BCUT2D eigenvalue weighted by Crippen LogP contribution is 2.31. The second-order valence-corrected chi connectivity index (χ2v) is 3.80. The lowest BCUT2D eigenvalue weighted by Gasteiger charge is -2.16. The van der Waals surface area contributed by atoms with Crippen molar-refractivity contribution >= 4 is 6.29 Å². The fourth-order valence-electron chi connectivity index (χ4n) is 1.41. The zero-order valence-corrected chi connectivity index (χ0v) is 8.64. The van der Waals surface area contributed by atoms with Crippen molar-refractivity contribution in [2.75, 3.05) is 6.61 Å². The first-order valence-corrected chi connectivity index (χ1v) is 4.69. The maximum Gasteiger partial charge on any atom is 0.170 e. The van der Waals surface area contributed by atoms with E-state index in [0.717, 1.165) is 0 Å². The molecule has 0 radical (unpaired) electrons. The third-order valence-electron chi connectivity index (χ3n) is 2.15. The van der Waals surface area contributed by atoms with E-state index >= 15 is 0 Å². The van der Waals surface area contributed by atoms with Gasteiger partial charge in [-0.15, -0.1) is 0 Å². The van der Waals surface area contributed by atoms with Crippen molar-refractivity contribution in [2.45, 2.75) is 25.7 Å². The molecule has 0 amide bonds. The van der Waals surface area contributed by atoms with Crippen LogP contribution >= 0.6 is 0 Å². The van der Waals surface area contributed by atoms with Crippen LogP contribution < -0.4 is 0 Å². The number of nitrogens with zero attached hydrogens (tertiary/aromatic N) is 2. The Hall–Kier alpha value is -1.33. The molecule has 5 heteroatoms. The summed E-state index contributed by atoms with van der Waals surface area (Å²) in [6, 6.07) is 0. The third kappa shape index (κ3) is 2.19. The second kappa shape index (κ2) is 3.67. The lowest BCUT2D eigenvalue weighted by molar-refractivity contribution is -0.139. The predicted molar refractivity (Wildman–Crippen MR) is 51.3 cm³/mol. The average molecular weight is 208 g/mol. The van der Waals surface area contributed by atoms with E-state index in [-0.39, 0.29) is 6.10 Å². The number of ether oxygens (including phenoxy) is 2. The van der Waals surface area contributed by atoms with Crippen LogP contribution in [0.4, 0.5) is 0 Å². The molecule has 0 spiro atoms. The minimum atomic E-state index is -0.574. The molecule has 2 rings (SSSR count). The van der Waals surface area contributed by atoms with Gasteiger partial charge in [0.2, 0.25) is 0 Å². The lowest BCUT2D eigenvalue weighted by Crippen LogP contribution is -2.19. The van der Waals surface area contributed by atoms with Gasteiger partial charge in [0.05, 0.1) is 24.7 Å². The summed E-state index contributed by atoms with van der Waals surface area (Å²) in [5.41, 5.74) is 1.00. The molecular formula is C10H12N2O3. The summed E-state index contributed by atoms with van der Waals surface area (Å²) in [5.74, 6) is -0.574. The molecule has 1 fully saturated rings. The standard InChI is InChI=1S/C10H12N2O3/c1-10(2)14-6-9(15-10)8-4-11-7(5-13)3-12-8/h3-5,9H,6H2,1-2H3. The van der Waals surface area contributed by atoms with E-state index in [2.05, 4.69) is 9.97 Å². The van der Waals surface area contributed by atoms with Gasteiger partial charge in [0.1, 0.15) is 11.8 Å². The van der Waals surface area contributed by atoms with Gasteiger partial charge in [-0.2, -0.15) is 0 Å². The summed E-state index contributed by atoms with van der Waals surface area (Å²) in [6.45, 7) is 4.16. The van der Waals surface area contributed by atoms with Gasteiger partial charge in [-0.25, -0.2) is 4.98 Å². The summed E-state index contributed by atoms with van der Waals surface area (Å²) < 4.78 is 11.0. The summed E-state index contributed by atoms with van der Waals surface area (Å²) in [7, 11) is 0. The summed E-state index contributed by atoms with van der Waals surface area (Å²) in [4.78, 5) is 18.4. The first-order valence-electron chi connectivity index (χ1n) is 4.69. The smallest absolute Gasteiger partial charge is 0.170 e. The Balaban J connectivity index is 2.14. The maximum absolute atomic E-state index is 10.4. The van der Waals surface area contributed by atoms with Crippen LogP contribution in [0.2, 0.25) is 0 Å². The van der Waals surface area contributed by atoms with Crippen molar-refractivity contribution in [3.63, 3.8) is 0 Å². The predicted octanol–water partition coefficient (Wildman–Crippen LogP) is 1.11. The molecule has 15 heavy (non-hydrogen) atoms. The number of hydrogen-bond donors (Lipinski definition) is 0. The molecule has 1 aromatic heterocycles. The Labute approximate surface area is 87.4 Å². The van der Waals surface area contributed by atoms with Crippen LogP contribution in [-0.4, -0.2) is 28.6 Å². The Bertz CT molecular complexity index is 361. The summed E-state index contributed by atoms with van der Waals surface area (Å²) in [6.07, 6.45) is 3.43. The highest BCUT2D eigenvalue weighted by molar-refractivity contribution is 5.70. The number of aldehydes is 1. The molecule has 5 nitrogen and oxygen atoms in total. The number of aromatic nitrogens is 2. The Kier molecular flexibility index (Phi) is 2.50. The number of rotatable bonds is 2. The zero-order valence-electron chi connectivity index (χ0n) is 8.64. The molecule has 2 heterocycles. The van der Waals surface area contributed by atoms with Crippen LogP contribution in [0.25, 0.3) is 0 Å². The van der Waals surface area contributed by atoms with Gasteiger partial charge in [-0.1, -0.05) is 0 Å². The van der Waals surface area contributed by atoms with Gasteiger partial charge in [0.25, 0.3) is 0 Å². The Morgan fingerprint density at radius 1 is 1.47 bits per heavy atom. The van der Waals surface area contributed by atoms with E-state index in [0.29, 0.717) is 24.3 Å². The molecule has 0 N–H and O–H groups in total. The summed E-state index contributed by atoms with van der Waals surface area (Å²) >= 11 is 0. The first kappa shape index (κ1) is 10.2. The Morgan fingerprint density at radius 3 is 2.73 bits per heavy atom. The molecule has 1 saturated heterocycles. The minimum Gasteiger partial charge on any atom is -0.347 e. The van der Waals surface area contributed by atoms with Gasteiger partial charge >= 0.3 is 0 Å². The van der Waals surface area contributed by atoms with E-state index < -0.39 is 5.79 Å².